The normalized spacial score (nSPS) is 17.0. The van der Waals surface area contributed by atoms with Crippen molar-refractivity contribution < 1.29 is 5.11 Å². The molecule has 3 rings (SSSR count). The van der Waals surface area contributed by atoms with Gasteiger partial charge >= 0.3 is 0 Å². The minimum Gasteiger partial charge on any atom is -0.391 e. The minimum atomic E-state index is -0.338. The number of hydrogen-bond donors (Lipinski definition) is 1. The van der Waals surface area contributed by atoms with E-state index in [1.165, 1.54) is 5.69 Å². The zero-order chi connectivity index (χ0) is 16.8. The number of anilines is 1. The van der Waals surface area contributed by atoms with Crippen molar-refractivity contribution in [2.45, 2.75) is 11.0 Å². The lowest BCUT2D eigenvalue weighted by Crippen LogP contribution is -2.48. The van der Waals surface area contributed by atoms with E-state index in [0.29, 0.717) is 5.75 Å². The summed E-state index contributed by atoms with van der Waals surface area (Å²) >= 11 is 7.78. The second-order valence-corrected chi connectivity index (χ2v) is 7.49. The molecule has 0 saturated carbocycles. The van der Waals surface area contributed by atoms with Gasteiger partial charge in [-0.15, -0.1) is 11.8 Å². The van der Waals surface area contributed by atoms with Crippen LogP contribution in [0.15, 0.2) is 59.5 Å². The number of rotatable bonds is 6. The van der Waals surface area contributed by atoms with E-state index in [2.05, 4.69) is 34.1 Å². The molecule has 0 aliphatic carbocycles. The van der Waals surface area contributed by atoms with Gasteiger partial charge in [0, 0.05) is 49.1 Å². The molecule has 0 bridgehead atoms. The van der Waals surface area contributed by atoms with Crippen LogP contribution in [0.25, 0.3) is 0 Å². The maximum absolute atomic E-state index is 10.3. The Bertz CT molecular complexity index is 632. The van der Waals surface area contributed by atoms with Gasteiger partial charge in [0.1, 0.15) is 0 Å². The lowest BCUT2D eigenvalue weighted by atomic mass is 10.2. The van der Waals surface area contributed by atoms with Crippen LogP contribution in [-0.2, 0) is 0 Å². The van der Waals surface area contributed by atoms with E-state index in [0.717, 1.165) is 42.6 Å². The quantitative estimate of drug-likeness (QED) is 0.794. The number of piperazine rings is 1. The fourth-order valence-corrected chi connectivity index (χ4v) is 4.08. The number of hydrogen-bond acceptors (Lipinski definition) is 4. The topological polar surface area (TPSA) is 26.7 Å². The first-order valence-corrected chi connectivity index (χ1v) is 9.66. The number of aliphatic hydroxyl groups excluding tert-OH is 1. The van der Waals surface area contributed by atoms with Crippen LogP contribution < -0.4 is 4.90 Å². The Labute approximate surface area is 153 Å². The third kappa shape index (κ3) is 4.90. The Morgan fingerprint density at radius 2 is 1.62 bits per heavy atom. The van der Waals surface area contributed by atoms with E-state index >= 15 is 0 Å². The summed E-state index contributed by atoms with van der Waals surface area (Å²) in [6.45, 7) is 4.72. The molecule has 1 fully saturated rings. The molecule has 0 spiro atoms. The highest BCUT2D eigenvalue weighted by molar-refractivity contribution is 7.99. The predicted octanol–water partition coefficient (Wildman–Crippen LogP) is 3.62. The van der Waals surface area contributed by atoms with Gasteiger partial charge in [-0.3, -0.25) is 4.90 Å². The molecule has 1 N–H and O–H groups in total. The van der Waals surface area contributed by atoms with E-state index in [1.807, 2.05) is 30.3 Å². The lowest BCUT2D eigenvalue weighted by molar-refractivity contribution is 0.126. The molecular formula is C19H23ClN2OS. The summed E-state index contributed by atoms with van der Waals surface area (Å²) in [6, 6.07) is 18.3. The number of nitrogens with zero attached hydrogens (tertiary/aromatic N) is 2. The molecule has 1 aliphatic heterocycles. The second kappa shape index (κ2) is 8.77. The maximum atomic E-state index is 10.3. The predicted molar refractivity (Wildman–Crippen MR) is 103 cm³/mol. The van der Waals surface area contributed by atoms with Crippen molar-refractivity contribution in [2.75, 3.05) is 43.4 Å². The zero-order valence-electron chi connectivity index (χ0n) is 13.6. The van der Waals surface area contributed by atoms with Gasteiger partial charge in [-0.25, -0.2) is 0 Å². The first-order chi connectivity index (χ1) is 11.7. The van der Waals surface area contributed by atoms with Crippen molar-refractivity contribution in [3.05, 3.63) is 59.6 Å². The number of benzene rings is 2. The summed E-state index contributed by atoms with van der Waals surface area (Å²) in [7, 11) is 0. The van der Waals surface area contributed by atoms with Gasteiger partial charge < -0.3 is 10.0 Å². The monoisotopic (exact) mass is 362 g/mol. The Kier molecular flexibility index (Phi) is 6.44. The Hall–Kier alpha value is -1.20. The van der Waals surface area contributed by atoms with Gasteiger partial charge in [0.2, 0.25) is 0 Å². The van der Waals surface area contributed by atoms with Crippen LogP contribution in [0, 0.1) is 0 Å². The van der Waals surface area contributed by atoms with Gasteiger partial charge in [0.05, 0.1) is 11.1 Å². The van der Waals surface area contributed by atoms with Crippen LogP contribution in [0.5, 0.6) is 0 Å². The molecule has 0 aromatic heterocycles. The molecular weight excluding hydrogens is 340 g/mol. The van der Waals surface area contributed by atoms with Crippen LogP contribution in [0.3, 0.4) is 0 Å². The van der Waals surface area contributed by atoms with Crippen LogP contribution in [-0.4, -0.2) is 54.6 Å². The van der Waals surface area contributed by atoms with Gasteiger partial charge in [-0.2, -0.15) is 0 Å². The van der Waals surface area contributed by atoms with Gasteiger partial charge in [-0.05, 0) is 24.3 Å². The molecule has 128 valence electrons. The van der Waals surface area contributed by atoms with Crippen molar-refractivity contribution >= 4 is 29.1 Å². The minimum absolute atomic E-state index is 0.338. The van der Waals surface area contributed by atoms with E-state index in [9.17, 15) is 5.11 Å². The average molecular weight is 363 g/mol. The lowest BCUT2D eigenvalue weighted by Gasteiger charge is -2.36. The molecule has 1 saturated heterocycles. The summed E-state index contributed by atoms with van der Waals surface area (Å²) in [6.07, 6.45) is -0.338. The van der Waals surface area contributed by atoms with Crippen LogP contribution in [0.4, 0.5) is 5.69 Å². The standard InChI is InChI=1S/C19H23ClN2OS/c20-18-8-4-5-9-19(18)24-15-17(23)14-21-10-12-22(13-11-21)16-6-2-1-3-7-16/h1-9,17,23H,10-15H2. The molecule has 1 atom stereocenters. The molecule has 0 amide bonds. The van der Waals surface area contributed by atoms with Crippen molar-refractivity contribution in [2.24, 2.45) is 0 Å². The summed E-state index contributed by atoms with van der Waals surface area (Å²) < 4.78 is 0. The van der Waals surface area contributed by atoms with E-state index in [-0.39, 0.29) is 6.10 Å². The second-order valence-electron chi connectivity index (χ2n) is 6.02. The van der Waals surface area contributed by atoms with Crippen LogP contribution in [0.1, 0.15) is 0 Å². The van der Waals surface area contributed by atoms with Crippen molar-refractivity contribution in [1.82, 2.24) is 4.90 Å². The summed E-state index contributed by atoms with van der Waals surface area (Å²) in [5.41, 5.74) is 1.28. The molecule has 0 radical (unpaired) electrons. The first kappa shape index (κ1) is 17.6. The molecule has 1 heterocycles. The number of thioether (sulfide) groups is 1. The van der Waals surface area contributed by atoms with E-state index < -0.39 is 0 Å². The zero-order valence-corrected chi connectivity index (χ0v) is 15.2. The summed E-state index contributed by atoms with van der Waals surface area (Å²) in [5.74, 6) is 0.669. The van der Waals surface area contributed by atoms with Gasteiger partial charge in [-0.1, -0.05) is 41.9 Å². The molecule has 2 aromatic carbocycles. The fraction of sp³-hybridized carbons (Fsp3) is 0.368. The highest BCUT2D eigenvalue weighted by Gasteiger charge is 2.19. The molecule has 1 aliphatic rings. The third-order valence-corrected chi connectivity index (χ3v) is 5.89. The molecule has 2 aromatic rings. The Balaban J connectivity index is 1.42. The Morgan fingerprint density at radius 3 is 2.33 bits per heavy atom. The van der Waals surface area contributed by atoms with E-state index in [1.54, 1.807) is 11.8 Å². The fourth-order valence-electron chi connectivity index (χ4n) is 2.93. The third-order valence-electron chi connectivity index (χ3n) is 4.23. The van der Waals surface area contributed by atoms with Crippen molar-refractivity contribution in [3.8, 4) is 0 Å². The number of para-hydroxylation sites is 1. The van der Waals surface area contributed by atoms with Crippen LogP contribution in [0.2, 0.25) is 5.02 Å². The molecule has 24 heavy (non-hydrogen) atoms. The highest BCUT2D eigenvalue weighted by Crippen LogP contribution is 2.27. The molecule has 3 nitrogen and oxygen atoms in total. The summed E-state index contributed by atoms with van der Waals surface area (Å²) in [5, 5.41) is 11.1. The highest BCUT2D eigenvalue weighted by atomic mass is 35.5. The number of β-amino-alcohol motifs (C(OH)–C–C–N with tert-alkyl or cyclic N) is 1. The Morgan fingerprint density at radius 1 is 0.958 bits per heavy atom. The van der Waals surface area contributed by atoms with Crippen molar-refractivity contribution in [1.29, 1.82) is 0 Å². The smallest absolute Gasteiger partial charge is 0.0760 e. The number of halogens is 1. The van der Waals surface area contributed by atoms with E-state index in [4.69, 9.17) is 11.6 Å². The molecule has 5 heteroatoms. The first-order valence-electron chi connectivity index (χ1n) is 8.30. The van der Waals surface area contributed by atoms with Gasteiger partial charge in [0.15, 0.2) is 0 Å². The molecule has 1 unspecified atom stereocenters. The summed E-state index contributed by atoms with van der Waals surface area (Å²) in [4.78, 5) is 5.78. The maximum Gasteiger partial charge on any atom is 0.0760 e. The SMILES string of the molecule is OC(CSc1ccccc1Cl)CN1CCN(c2ccccc2)CC1. The van der Waals surface area contributed by atoms with Crippen LogP contribution >= 0.6 is 23.4 Å². The number of aliphatic hydroxyl groups is 1. The van der Waals surface area contributed by atoms with Crippen molar-refractivity contribution in [3.63, 3.8) is 0 Å². The van der Waals surface area contributed by atoms with Gasteiger partial charge in [0.25, 0.3) is 0 Å². The average Bonchev–Trinajstić information content (AvgIpc) is 2.62. The largest absolute Gasteiger partial charge is 0.391 e.